The molecule has 1 aliphatic rings. The molecular formula is C24H27N7O3. The van der Waals surface area contributed by atoms with Gasteiger partial charge in [-0.3, -0.25) is 9.69 Å². The lowest BCUT2D eigenvalue weighted by molar-refractivity contribution is -0.131. The fourth-order valence-electron chi connectivity index (χ4n) is 3.72. The monoisotopic (exact) mass is 461 g/mol. The van der Waals surface area contributed by atoms with Gasteiger partial charge in [-0.15, -0.1) is 0 Å². The zero-order valence-electron chi connectivity index (χ0n) is 19.3. The largest absolute Gasteiger partial charge is 0.497 e. The van der Waals surface area contributed by atoms with E-state index < -0.39 is 11.6 Å². The Morgan fingerprint density at radius 3 is 2.44 bits per heavy atom. The van der Waals surface area contributed by atoms with E-state index in [2.05, 4.69) is 25.6 Å². The van der Waals surface area contributed by atoms with Crippen molar-refractivity contribution in [2.24, 2.45) is 0 Å². The van der Waals surface area contributed by atoms with Crippen molar-refractivity contribution in [1.82, 2.24) is 25.2 Å². The van der Waals surface area contributed by atoms with Gasteiger partial charge < -0.3 is 21.1 Å². The molecule has 34 heavy (non-hydrogen) atoms. The average Bonchev–Trinajstić information content (AvgIpc) is 3.02. The summed E-state index contributed by atoms with van der Waals surface area (Å²) in [6.45, 7) is 3.60. The van der Waals surface area contributed by atoms with E-state index in [0.29, 0.717) is 12.8 Å². The third kappa shape index (κ3) is 5.06. The zero-order valence-corrected chi connectivity index (χ0v) is 19.3. The van der Waals surface area contributed by atoms with Gasteiger partial charge in [0.15, 0.2) is 5.82 Å². The quantitative estimate of drug-likeness (QED) is 0.436. The molecule has 2 heterocycles. The molecule has 1 aliphatic heterocycles. The number of ether oxygens (including phenoxy) is 1. The highest BCUT2D eigenvalue weighted by Gasteiger charge is 2.47. The molecule has 4 N–H and O–H groups in total. The lowest BCUT2D eigenvalue weighted by atomic mass is 9.93. The summed E-state index contributed by atoms with van der Waals surface area (Å²) in [5.74, 6) is 0.872. The maximum absolute atomic E-state index is 13.2. The number of carbonyl (C=O) groups excluding carboxylic acids is 2. The van der Waals surface area contributed by atoms with Gasteiger partial charge in [-0.2, -0.15) is 15.0 Å². The molecule has 1 saturated heterocycles. The molecule has 0 saturated carbocycles. The van der Waals surface area contributed by atoms with Gasteiger partial charge in [-0.25, -0.2) is 4.79 Å². The molecule has 2 aromatic carbocycles. The molecule has 4 rings (SSSR count). The van der Waals surface area contributed by atoms with Crippen LogP contribution in [0.4, 0.5) is 22.4 Å². The van der Waals surface area contributed by atoms with Crippen LogP contribution < -0.4 is 21.1 Å². The molecule has 0 radical (unpaired) electrons. The number of amides is 3. The van der Waals surface area contributed by atoms with Crippen LogP contribution in [0.15, 0.2) is 48.5 Å². The van der Waals surface area contributed by atoms with Gasteiger partial charge in [0, 0.05) is 5.69 Å². The van der Waals surface area contributed by atoms with Crippen molar-refractivity contribution in [3.8, 4) is 5.75 Å². The summed E-state index contributed by atoms with van der Waals surface area (Å²) >= 11 is 0. The summed E-state index contributed by atoms with van der Waals surface area (Å²) in [5.41, 5.74) is 7.76. The van der Waals surface area contributed by atoms with Crippen molar-refractivity contribution >= 4 is 29.5 Å². The van der Waals surface area contributed by atoms with Crippen LogP contribution >= 0.6 is 0 Å². The molecule has 10 nitrogen and oxygen atoms in total. The summed E-state index contributed by atoms with van der Waals surface area (Å²) in [7, 11) is 1.61. The van der Waals surface area contributed by atoms with Crippen molar-refractivity contribution in [2.45, 2.75) is 38.8 Å². The SMILES string of the molecule is COc1ccc(CC[C@]2(C)NC(=O)N(Cc3nc(N)nc(Nc4ccc(C)cc4)n3)C2=O)cc1. The van der Waals surface area contributed by atoms with Gasteiger partial charge in [0.1, 0.15) is 11.3 Å². The number of hydrogen-bond donors (Lipinski definition) is 3. The van der Waals surface area contributed by atoms with Crippen molar-refractivity contribution < 1.29 is 14.3 Å². The van der Waals surface area contributed by atoms with Gasteiger partial charge in [-0.05, 0) is 56.5 Å². The van der Waals surface area contributed by atoms with Gasteiger partial charge >= 0.3 is 6.03 Å². The Morgan fingerprint density at radius 1 is 1.06 bits per heavy atom. The smallest absolute Gasteiger partial charge is 0.325 e. The van der Waals surface area contributed by atoms with E-state index >= 15 is 0 Å². The first-order valence-electron chi connectivity index (χ1n) is 10.9. The Labute approximate surface area is 197 Å². The fourth-order valence-corrected chi connectivity index (χ4v) is 3.72. The molecular weight excluding hydrogens is 434 g/mol. The highest BCUT2D eigenvalue weighted by Crippen LogP contribution is 2.25. The van der Waals surface area contributed by atoms with Gasteiger partial charge in [0.25, 0.3) is 5.91 Å². The molecule has 1 fully saturated rings. The first-order chi connectivity index (χ1) is 16.3. The molecule has 1 aromatic heterocycles. The zero-order chi connectivity index (χ0) is 24.3. The van der Waals surface area contributed by atoms with E-state index in [1.54, 1.807) is 14.0 Å². The maximum atomic E-state index is 13.2. The summed E-state index contributed by atoms with van der Waals surface area (Å²) in [6.07, 6.45) is 1.06. The molecule has 10 heteroatoms. The Hall–Kier alpha value is -4.21. The summed E-state index contributed by atoms with van der Waals surface area (Å²) in [5, 5.41) is 5.88. The van der Waals surface area contributed by atoms with Crippen molar-refractivity contribution in [1.29, 1.82) is 0 Å². The highest BCUT2D eigenvalue weighted by molar-refractivity contribution is 6.06. The number of rotatable bonds is 8. The number of nitrogens with one attached hydrogen (secondary N) is 2. The number of benzene rings is 2. The number of anilines is 3. The van der Waals surface area contributed by atoms with Crippen LogP contribution in [0.1, 0.15) is 30.3 Å². The predicted molar refractivity (Wildman–Crippen MR) is 128 cm³/mol. The van der Waals surface area contributed by atoms with Gasteiger partial charge in [0.2, 0.25) is 11.9 Å². The minimum Gasteiger partial charge on any atom is -0.497 e. The van der Waals surface area contributed by atoms with Crippen LogP contribution in [0.2, 0.25) is 0 Å². The molecule has 3 amide bonds. The minimum absolute atomic E-state index is 0.00562. The number of aromatic nitrogens is 3. The second-order valence-corrected chi connectivity index (χ2v) is 8.43. The number of imide groups is 1. The third-order valence-corrected chi connectivity index (χ3v) is 5.72. The highest BCUT2D eigenvalue weighted by atomic mass is 16.5. The van der Waals surface area contributed by atoms with Crippen LogP contribution in [0.5, 0.6) is 5.75 Å². The maximum Gasteiger partial charge on any atom is 0.325 e. The molecule has 1 atom stereocenters. The number of nitrogens with two attached hydrogens (primary N) is 1. The third-order valence-electron chi connectivity index (χ3n) is 5.72. The normalized spacial score (nSPS) is 17.6. The van der Waals surface area contributed by atoms with Crippen LogP contribution in [0.25, 0.3) is 0 Å². The van der Waals surface area contributed by atoms with Crippen LogP contribution in [0.3, 0.4) is 0 Å². The lowest BCUT2D eigenvalue weighted by Gasteiger charge is -2.21. The number of methoxy groups -OCH3 is 1. The molecule has 0 unspecified atom stereocenters. The number of urea groups is 1. The number of carbonyl (C=O) groups is 2. The Balaban J connectivity index is 1.45. The second-order valence-electron chi connectivity index (χ2n) is 8.43. The predicted octanol–water partition coefficient (Wildman–Crippen LogP) is 2.96. The minimum atomic E-state index is -1.03. The van der Waals surface area contributed by atoms with E-state index in [9.17, 15) is 9.59 Å². The summed E-state index contributed by atoms with van der Waals surface area (Å²) < 4.78 is 5.18. The Kier molecular flexibility index (Phi) is 6.31. The molecule has 0 spiro atoms. The molecule has 176 valence electrons. The van der Waals surface area contributed by atoms with Crippen LogP contribution in [-0.4, -0.2) is 44.4 Å². The first kappa shape index (κ1) is 23.0. The lowest BCUT2D eigenvalue weighted by Crippen LogP contribution is -2.44. The summed E-state index contributed by atoms with van der Waals surface area (Å²) in [6, 6.07) is 14.8. The van der Waals surface area contributed by atoms with E-state index in [-0.39, 0.29) is 30.2 Å². The van der Waals surface area contributed by atoms with E-state index in [1.807, 2.05) is 55.5 Å². The molecule has 0 aliphatic carbocycles. The fraction of sp³-hybridized carbons (Fsp3) is 0.292. The second kappa shape index (κ2) is 9.34. The number of aryl methyl sites for hydroxylation is 2. The van der Waals surface area contributed by atoms with Gasteiger partial charge in [0.05, 0.1) is 13.7 Å². The number of nitrogens with zero attached hydrogens (tertiary/aromatic N) is 4. The van der Waals surface area contributed by atoms with Crippen molar-refractivity contribution in [3.63, 3.8) is 0 Å². The topological polar surface area (TPSA) is 135 Å². The number of nitrogen functional groups attached to an aromatic ring is 1. The van der Waals surface area contributed by atoms with E-state index in [1.165, 1.54) is 0 Å². The van der Waals surface area contributed by atoms with Crippen molar-refractivity contribution in [2.75, 3.05) is 18.2 Å². The number of hydrogen-bond acceptors (Lipinski definition) is 8. The average molecular weight is 462 g/mol. The Morgan fingerprint density at radius 2 is 1.76 bits per heavy atom. The van der Waals surface area contributed by atoms with Crippen LogP contribution in [0, 0.1) is 6.92 Å². The van der Waals surface area contributed by atoms with Gasteiger partial charge in [-0.1, -0.05) is 29.8 Å². The first-order valence-corrected chi connectivity index (χ1v) is 10.9. The standard InChI is InChI=1S/C24H27N7O3/c1-15-4-8-17(9-5-15)26-22-28-19(27-21(25)29-22)14-31-20(32)24(2,30-23(31)33)13-12-16-6-10-18(34-3)11-7-16/h4-11H,12-14H2,1-3H3,(H,30,33)(H3,25,26,27,28,29)/t24-/m0/s1. The van der Waals surface area contributed by atoms with Crippen LogP contribution in [-0.2, 0) is 17.8 Å². The summed E-state index contributed by atoms with van der Waals surface area (Å²) in [4.78, 5) is 39.5. The Bertz CT molecular complexity index is 1200. The van der Waals surface area contributed by atoms with E-state index in [4.69, 9.17) is 10.5 Å². The van der Waals surface area contributed by atoms with E-state index in [0.717, 1.165) is 27.5 Å². The van der Waals surface area contributed by atoms with Crippen molar-refractivity contribution in [3.05, 3.63) is 65.5 Å². The molecule has 3 aromatic rings. The molecule has 0 bridgehead atoms.